The Morgan fingerprint density at radius 1 is 1.11 bits per heavy atom. The molecule has 0 aliphatic rings. The van der Waals surface area contributed by atoms with Gasteiger partial charge >= 0.3 is 0 Å². The number of rotatable bonds is 7. The molecule has 0 fully saturated rings. The van der Waals surface area contributed by atoms with Gasteiger partial charge in [0.2, 0.25) is 5.91 Å². The topological polar surface area (TPSA) is 101 Å². The first kappa shape index (κ1) is 24.2. The molecule has 1 amide bonds. The lowest BCUT2D eigenvalue weighted by Gasteiger charge is -2.13. The minimum Gasteiger partial charge on any atom is -0.326 e. The van der Waals surface area contributed by atoms with Crippen molar-refractivity contribution in [1.82, 2.24) is 24.5 Å². The second kappa shape index (κ2) is 10.1. The van der Waals surface area contributed by atoms with Gasteiger partial charge in [0.1, 0.15) is 22.7 Å². The molecular weight excluding hydrogens is 465 g/mol. The van der Waals surface area contributed by atoms with Crippen LogP contribution in [0.1, 0.15) is 33.8 Å². The molecule has 0 bridgehead atoms. The van der Waals surface area contributed by atoms with Gasteiger partial charge < -0.3 is 9.88 Å². The molecule has 35 heavy (non-hydrogen) atoms. The van der Waals surface area contributed by atoms with E-state index in [-0.39, 0.29) is 17.5 Å². The molecule has 3 heterocycles. The minimum absolute atomic E-state index is 0.0959. The van der Waals surface area contributed by atoms with Crippen LogP contribution in [0.15, 0.2) is 47.5 Å². The maximum Gasteiger partial charge on any atom is 0.235 e. The maximum atomic E-state index is 13.3. The van der Waals surface area contributed by atoms with Gasteiger partial charge in [-0.1, -0.05) is 23.9 Å². The monoisotopic (exact) mass is 489 g/mol. The van der Waals surface area contributed by atoms with Crippen LogP contribution in [-0.2, 0) is 11.3 Å². The molecule has 1 N–H and O–H groups in total. The van der Waals surface area contributed by atoms with Gasteiger partial charge in [-0.25, -0.2) is 9.07 Å². The zero-order valence-electron chi connectivity index (χ0n) is 19.8. The molecule has 0 aliphatic carbocycles. The number of anilines is 1. The van der Waals surface area contributed by atoms with Crippen molar-refractivity contribution in [3.8, 4) is 11.9 Å². The molecule has 1 aromatic carbocycles. The van der Waals surface area contributed by atoms with E-state index >= 15 is 0 Å². The standard InChI is InChI=1S/C25H24FN7OS/c1-15-11-16(2)33(31-15)22-9-10-24(30-29-22)35-14-23(34)28-25-21(12-27)17(3)18(4)32(25)13-19-5-7-20(26)8-6-19/h5-11H,13-14H2,1-4H3,(H,28,34). The Hall–Kier alpha value is -3.97. The molecule has 10 heteroatoms. The smallest absolute Gasteiger partial charge is 0.235 e. The number of nitriles is 1. The zero-order chi connectivity index (χ0) is 25.1. The van der Waals surface area contributed by atoms with E-state index in [1.165, 1.54) is 23.9 Å². The van der Waals surface area contributed by atoms with E-state index in [0.717, 1.165) is 28.2 Å². The van der Waals surface area contributed by atoms with Crippen molar-refractivity contribution in [2.24, 2.45) is 0 Å². The largest absolute Gasteiger partial charge is 0.326 e. The number of aryl methyl sites for hydroxylation is 2. The number of carbonyl (C=O) groups is 1. The second-order valence-electron chi connectivity index (χ2n) is 8.16. The molecule has 0 saturated heterocycles. The van der Waals surface area contributed by atoms with E-state index in [9.17, 15) is 14.4 Å². The third-order valence-corrected chi connectivity index (χ3v) is 6.58. The molecule has 3 aromatic heterocycles. The fraction of sp³-hybridized carbons (Fsp3) is 0.240. The molecule has 0 radical (unpaired) electrons. The summed E-state index contributed by atoms with van der Waals surface area (Å²) in [7, 11) is 0. The number of nitrogens with zero attached hydrogens (tertiary/aromatic N) is 6. The number of amides is 1. The summed E-state index contributed by atoms with van der Waals surface area (Å²) in [4.78, 5) is 12.8. The Labute approximate surface area is 206 Å². The number of thioether (sulfide) groups is 1. The summed E-state index contributed by atoms with van der Waals surface area (Å²) in [5.41, 5.74) is 4.78. The van der Waals surface area contributed by atoms with Crippen LogP contribution in [0.3, 0.4) is 0 Å². The van der Waals surface area contributed by atoms with Crippen molar-refractivity contribution in [1.29, 1.82) is 5.26 Å². The average Bonchev–Trinajstić information content (AvgIpc) is 3.29. The first-order valence-corrected chi connectivity index (χ1v) is 11.9. The highest BCUT2D eigenvalue weighted by molar-refractivity contribution is 7.99. The Bertz CT molecular complexity index is 1420. The summed E-state index contributed by atoms with van der Waals surface area (Å²) >= 11 is 1.25. The highest BCUT2D eigenvalue weighted by Gasteiger charge is 2.20. The maximum absolute atomic E-state index is 13.3. The first-order chi connectivity index (χ1) is 16.8. The van der Waals surface area contributed by atoms with Crippen molar-refractivity contribution in [3.05, 3.63) is 82.1 Å². The van der Waals surface area contributed by atoms with Crippen LogP contribution < -0.4 is 5.32 Å². The fourth-order valence-corrected chi connectivity index (χ4v) is 4.39. The fourth-order valence-electron chi connectivity index (χ4n) is 3.77. The second-order valence-corrected chi connectivity index (χ2v) is 9.16. The van der Waals surface area contributed by atoms with E-state index in [1.54, 1.807) is 28.9 Å². The molecule has 0 unspecified atom stereocenters. The molecule has 4 rings (SSSR count). The SMILES string of the molecule is Cc1cc(C)n(-c2ccc(SCC(=O)Nc3c(C#N)c(C)c(C)n3Cc3ccc(F)cc3)nn2)n1. The normalized spacial score (nSPS) is 10.9. The predicted octanol–water partition coefficient (Wildman–Crippen LogP) is 4.49. The highest BCUT2D eigenvalue weighted by Crippen LogP contribution is 2.28. The highest BCUT2D eigenvalue weighted by atomic mass is 32.2. The molecule has 178 valence electrons. The van der Waals surface area contributed by atoms with Gasteiger partial charge in [-0.3, -0.25) is 4.79 Å². The van der Waals surface area contributed by atoms with Crippen LogP contribution in [0.4, 0.5) is 10.2 Å². The molecule has 0 aliphatic heterocycles. The molecule has 0 atom stereocenters. The summed E-state index contributed by atoms with van der Waals surface area (Å²) in [5, 5.41) is 26.0. The Balaban J connectivity index is 1.47. The van der Waals surface area contributed by atoms with E-state index in [0.29, 0.717) is 28.8 Å². The predicted molar refractivity (Wildman–Crippen MR) is 132 cm³/mol. The number of carbonyl (C=O) groups excluding carboxylic acids is 1. The van der Waals surface area contributed by atoms with Crippen LogP contribution in [0, 0.1) is 44.8 Å². The van der Waals surface area contributed by atoms with Crippen molar-refractivity contribution < 1.29 is 9.18 Å². The number of hydrogen-bond donors (Lipinski definition) is 1. The van der Waals surface area contributed by atoms with Gasteiger partial charge in [0.25, 0.3) is 0 Å². The summed E-state index contributed by atoms with van der Waals surface area (Å²) in [6.45, 7) is 8.00. The summed E-state index contributed by atoms with van der Waals surface area (Å²) in [6, 6.07) is 13.9. The van der Waals surface area contributed by atoms with Crippen molar-refractivity contribution in [2.75, 3.05) is 11.1 Å². The van der Waals surface area contributed by atoms with E-state index in [2.05, 4.69) is 26.7 Å². The van der Waals surface area contributed by atoms with Gasteiger partial charge in [-0.2, -0.15) is 10.4 Å². The first-order valence-electron chi connectivity index (χ1n) is 10.9. The number of aromatic nitrogens is 5. The third-order valence-electron chi connectivity index (χ3n) is 5.66. The molecular formula is C25H24FN7OS. The van der Waals surface area contributed by atoms with Crippen molar-refractivity contribution >= 4 is 23.5 Å². The van der Waals surface area contributed by atoms with Crippen LogP contribution in [0.5, 0.6) is 0 Å². The Morgan fingerprint density at radius 2 is 1.86 bits per heavy atom. The Kier molecular flexibility index (Phi) is 6.98. The number of benzene rings is 1. The van der Waals surface area contributed by atoms with Crippen LogP contribution in [0.25, 0.3) is 5.82 Å². The van der Waals surface area contributed by atoms with Crippen molar-refractivity contribution in [3.63, 3.8) is 0 Å². The number of nitrogens with one attached hydrogen (secondary N) is 1. The van der Waals surface area contributed by atoms with Gasteiger partial charge in [0, 0.05) is 17.9 Å². The minimum atomic E-state index is -0.316. The molecule has 4 aromatic rings. The number of hydrogen-bond acceptors (Lipinski definition) is 6. The lowest BCUT2D eigenvalue weighted by molar-refractivity contribution is -0.113. The Morgan fingerprint density at radius 3 is 2.46 bits per heavy atom. The third kappa shape index (κ3) is 5.25. The van der Waals surface area contributed by atoms with E-state index < -0.39 is 0 Å². The summed E-state index contributed by atoms with van der Waals surface area (Å²) in [6.07, 6.45) is 0. The van der Waals surface area contributed by atoms with Gasteiger partial charge in [0.05, 0.1) is 17.0 Å². The lowest BCUT2D eigenvalue weighted by atomic mass is 10.2. The van der Waals surface area contributed by atoms with Crippen LogP contribution >= 0.6 is 11.8 Å². The number of halogens is 1. The summed E-state index contributed by atoms with van der Waals surface area (Å²) in [5.74, 6) is 0.548. The summed E-state index contributed by atoms with van der Waals surface area (Å²) < 4.78 is 16.9. The van der Waals surface area contributed by atoms with Gasteiger partial charge in [0.15, 0.2) is 5.82 Å². The van der Waals surface area contributed by atoms with Gasteiger partial charge in [-0.15, -0.1) is 10.2 Å². The molecule has 8 nitrogen and oxygen atoms in total. The van der Waals surface area contributed by atoms with E-state index in [1.807, 2.05) is 38.3 Å². The van der Waals surface area contributed by atoms with Crippen LogP contribution in [0.2, 0.25) is 0 Å². The lowest BCUT2D eigenvalue weighted by Crippen LogP contribution is -2.18. The zero-order valence-corrected chi connectivity index (χ0v) is 20.6. The molecule has 0 saturated carbocycles. The van der Waals surface area contributed by atoms with Crippen LogP contribution in [-0.4, -0.2) is 36.2 Å². The van der Waals surface area contributed by atoms with E-state index in [4.69, 9.17) is 0 Å². The van der Waals surface area contributed by atoms with Gasteiger partial charge in [-0.05, 0) is 69.2 Å². The average molecular weight is 490 g/mol. The van der Waals surface area contributed by atoms with Crippen molar-refractivity contribution in [2.45, 2.75) is 39.3 Å². The molecule has 0 spiro atoms. The quantitative estimate of drug-likeness (QED) is 0.384.